The molecule has 0 heteroatoms. The highest BCUT2D eigenvalue weighted by molar-refractivity contribution is 5.33. The first-order valence-electron chi connectivity index (χ1n) is 5.74. The predicted octanol–water partition coefficient (Wildman–Crippen LogP) is 4.71. The van der Waals surface area contributed by atoms with E-state index in [1.54, 1.807) is 0 Å². The lowest BCUT2D eigenvalue weighted by Crippen LogP contribution is -1.95. The Kier molecular flexibility index (Phi) is 6.27. The minimum absolute atomic E-state index is 0.653. The standard InChI is InChI=1S/C12H18.C2H6/c1-5-11-7-6-10(4)8-12(11)9(2)3;1-2/h6-9H,5H2,1-4H3;1-2H3. The maximum absolute atomic E-state index is 2.31. The Labute approximate surface area is 89.4 Å². The molecule has 0 aliphatic heterocycles. The molecule has 1 rings (SSSR count). The van der Waals surface area contributed by atoms with Gasteiger partial charge in [0.2, 0.25) is 0 Å². The third-order valence-electron chi connectivity index (χ3n) is 2.30. The number of rotatable bonds is 2. The van der Waals surface area contributed by atoms with Crippen molar-refractivity contribution in [3.05, 3.63) is 34.9 Å². The van der Waals surface area contributed by atoms with Crippen molar-refractivity contribution in [2.24, 2.45) is 0 Å². The van der Waals surface area contributed by atoms with Crippen LogP contribution in [0.4, 0.5) is 0 Å². The average Bonchev–Trinajstić information content (AvgIpc) is 2.20. The molecular weight excluding hydrogens is 168 g/mol. The maximum atomic E-state index is 2.31. The van der Waals surface area contributed by atoms with Gasteiger partial charge >= 0.3 is 0 Å². The quantitative estimate of drug-likeness (QED) is 0.636. The number of hydrogen-bond acceptors (Lipinski definition) is 0. The second-order valence-corrected chi connectivity index (χ2v) is 3.71. The molecule has 0 saturated heterocycles. The summed E-state index contributed by atoms with van der Waals surface area (Å²) in [6, 6.07) is 6.76. The van der Waals surface area contributed by atoms with Gasteiger partial charge in [-0.05, 0) is 30.4 Å². The van der Waals surface area contributed by atoms with Gasteiger partial charge in [-0.1, -0.05) is 58.4 Å². The molecule has 1 aromatic rings. The van der Waals surface area contributed by atoms with Crippen LogP contribution in [0.25, 0.3) is 0 Å². The van der Waals surface area contributed by atoms with E-state index in [0.29, 0.717) is 5.92 Å². The Morgan fingerprint density at radius 3 is 2.14 bits per heavy atom. The van der Waals surface area contributed by atoms with Crippen LogP contribution >= 0.6 is 0 Å². The molecule has 0 atom stereocenters. The molecule has 0 heterocycles. The van der Waals surface area contributed by atoms with Crippen LogP contribution in [0.15, 0.2) is 18.2 Å². The summed E-state index contributed by atoms with van der Waals surface area (Å²) in [4.78, 5) is 0. The van der Waals surface area contributed by atoms with Crippen LogP contribution < -0.4 is 0 Å². The summed E-state index contributed by atoms with van der Waals surface area (Å²) in [7, 11) is 0. The van der Waals surface area contributed by atoms with Crippen molar-refractivity contribution >= 4 is 0 Å². The summed E-state index contributed by atoms with van der Waals surface area (Å²) in [6.07, 6.45) is 1.15. The molecule has 14 heavy (non-hydrogen) atoms. The maximum Gasteiger partial charge on any atom is -0.0216 e. The van der Waals surface area contributed by atoms with E-state index in [4.69, 9.17) is 0 Å². The Balaban J connectivity index is 0.000000791. The summed E-state index contributed by atoms with van der Waals surface area (Å²) in [5.41, 5.74) is 4.38. The van der Waals surface area contributed by atoms with Gasteiger partial charge in [-0.2, -0.15) is 0 Å². The lowest BCUT2D eigenvalue weighted by Gasteiger charge is -2.11. The summed E-state index contributed by atoms with van der Waals surface area (Å²) in [6.45, 7) is 12.9. The largest absolute Gasteiger partial charge is 0.0683 e. The van der Waals surface area contributed by atoms with Crippen molar-refractivity contribution in [3.8, 4) is 0 Å². The first-order valence-corrected chi connectivity index (χ1v) is 5.74. The van der Waals surface area contributed by atoms with Crippen LogP contribution in [0.2, 0.25) is 0 Å². The molecule has 0 nitrogen and oxygen atoms in total. The SMILES string of the molecule is CC.CCc1ccc(C)cc1C(C)C. The van der Waals surface area contributed by atoms with Crippen LogP contribution in [-0.2, 0) is 6.42 Å². The lowest BCUT2D eigenvalue weighted by atomic mass is 9.94. The second-order valence-electron chi connectivity index (χ2n) is 3.71. The van der Waals surface area contributed by atoms with Crippen LogP contribution in [0.3, 0.4) is 0 Å². The summed E-state index contributed by atoms with van der Waals surface area (Å²) >= 11 is 0. The normalized spacial score (nSPS) is 9.64. The van der Waals surface area contributed by atoms with Crippen molar-refractivity contribution in [1.29, 1.82) is 0 Å². The van der Waals surface area contributed by atoms with Crippen molar-refractivity contribution in [2.45, 2.75) is 53.9 Å². The van der Waals surface area contributed by atoms with Gasteiger partial charge in [-0.3, -0.25) is 0 Å². The first kappa shape index (κ1) is 13.2. The molecule has 0 aromatic heterocycles. The fourth-order valence-corrected chi connectivity index (χ4v) is 1.57. The van der Waals surface area contributed by atoms with Gasteiger partial charge in [0.05, 0.1) is 0 Å². The molecule has 0 aliphatic carbocycles. The predicted molar refractivity (Wildman–Crippen MR) is 66.0 cm³/mol. The Morgan fingerprint density at radius 1 is 1.14 bits per heavy atom. The topological polar surface area (TPSA) is 0 Å². The highest BCUT2D eigenvalue weighted by Gasteiger charge is 2.04. The fourth-order valence-electron chi connectivity index (χ4n) is 1.57. The highest BCUT2D eigenvalue weighted by atomic mass is 14.1. The zero-order valence-corrected chi connectivity index (χ0v) is 10.5. The van der Waals surface area contributed by atoms with Crippen LogP contribution in [-0.4, -0.2) is 0 Å². The van der Waals surface area contributed by atoms with Gasteiger partial charge in [0.15, 0.2) is 0 Å². The van der Waals surface area contributed by atoms with Gasteiger partial charge in [0.25, 0.3) is 0 Å². The molecule has 0 spiro atoms. The Hall–Kier alpha value is -0.780. The molecule has 80 valence electrons. The molecule has 0 unspecified atom stereocenters. The van der Waals surface area contributed by atoms with Crippen molar-refractivity contribution in [3.63, 3.8) is 0 Å². The minimum Gasteiger partial charge on any atom is -0.0683 e. The summed E-state index contributed by atoms with van der Waals surface area (Å²) in [5.74, 6) is 0.653. The number of aryl methyl sites for hydroxylation is 2. The lowest BCUT2D eigenvalue weighted by molar-refractivity contribution is 0.842. The number of benzene rings is 1. The second kappa shape index (κ2) is 6.64. The molecule has 0 aliphatic rings. The first-order chi connectivity index (χ1) is 6.65. The van der Waals surface area contributed by atoms with Gasteiger partial charge in [-0.25, -0.2) is 0 Å². The third kappa shape index (κ3) is 3.53. The monoisotopic (exact) mass is 192 g/mol. The van der Waals surface area contributed by atoms with E-state index in [2.05, 4.69) is 45.9 Å². The zero-order valence-electron chi connectivity index (χ0n) is 10.5. The van der Waals surface area contributed by atoms with Crippen LogP contribution in [0.5, 0.6) is 0 Å². The Bertz CT molecular complexity index is 259. The van der Waals surface area contributed by atoms with Gasteiger partial charge in [0.1, 0.15) is 0 Å². The van der Waals surface area contributed by atoms with Crippen LogP contribution in [0.1, 0.15) is 57.2 Å². The van der Waals surface area contributed by atoms with E-state index in [9.17, 15) is 0 Å². The molecule has 0 bridgehead atoms. The summed E-state index contributed by atoms with van der Waals surface area (Å²) in [5, 5.41) is 0. The molecule has 0 amide bonds. The fraction of sp³-hybridized carbons (Fsp3) is 0.571. The zero-order chi connectivity index (χ0) is 11.1. The molecule has 0 radical (unpaired) electrons. The van der Waals surface area contributed by atoms with Crippen molar-refractivity contribution < 1.29 is 0 Å². The Morgan fingerprint density at radius 2 is 1.71 bits per heavy atom. The van der Waals surface area contributed by atoms with E-state index in [1.165, 1.54) is 16.7 Å². The van der Waals surface area contributed by atoms with Gasteiger partial charge in [0, 0.05) is 0 Å². The van der Waals surface area contributed by atoms with E-state index in [1.807, 2.05) is 13.8 Å². The third-order valence-corrected chi connectivity index (χ3v) is 2.30. The van der Waals surface area contributed by atoms with E-state index in [0.717, 1.165) is 6.42 Å². The molecule has 1 aromatic carbocycles. The molecule has 0 N–H and O–H groups in total. The smallest absolute Gasteiger partial charge is 0.0216 e. The highest BCUT2D eigenvalue weighted by Crippen LogP contribution is 2.21. The van der Waals surface area contributed by atoms with Gasteiger partial charge in [-0.15, -0.1) is 0 Å². The summed E-state index contributed by atoms with van der Waals surface area (Å²) < 4.78 is 0. The van der Waals surface area contributed by atoms with Gasteiger partial charge < -0.3 is 0 Å². The molecule has 0 saturated carbocycles. The van der Waals surface area contributed by atoms with Crippen LogP contribution in [0, 0.1) is 6.92 Å². The number of hydrogen-bond donors (Lipinski definition) is 0. The van der Waals surface area contributed by atoms with Crippen molar-refractivity contribution in [1.82, 2.24) is 0 Å². The minimum atomic E-state index is 0.653. The molecular formula is C14H24. The van der Waals surface area contributed by atoms with Crippen molar-refractivity contribution in [2.75, 3.05) is 0 Å². The van der Waals surface area contributed by atoms with E-state index < -0.39 is 0 Å². The van der Waals surface area contributed by atoms with E-state index in [-0.39, 0.29) is 0 Å². The van der Waals surface area contributed by atoms with E-state index >= 15 is 0 Å². The molecule has 0 fully saturated rings. The average molecular weight is 192 g/mol.